The van der Waals surface area contributed by atoms with Crippen molar-refractivity contribution in [1.29, 1.82) is 0 Å². The third-order valence-electron chi connectivity index (χ3n) is 5.97. The zero-order chi connectivity index (χ0) is 18.6. The Kier molecular flexibility index (Phi) is 5.58. The average Bonchev–Trinajstić information content (AvgIpc) is 3.06. The van der Waals surface area contributed by atoms with Gasteiger partial charge in [-0.25, -0.2) is 0 Å². The van der Waals surface area contributed by atoms with Gasteiger partial charge in [0, 0.05) is 50.2 Å². The molecule has 0 saturated carbocycles. The minimum Gasteiger partial charge on any atom is -0.376 e. The first kappa shape index (κ1) is 18.2. The summed E-state index contributed by atoms with van der Waals surface area (Å²) in [5.41, 5.74) is 5.15. The van der Waals surface area contributed by atoms with E-state index in [-0.39, 0.29) is 0 Å². The second-order valence-corrected chi connectivity index (χ2v) is 7.73. The number of amides is 1. The van der Waals surface area contributed by atoms with Crippen molar-refractivity contribution in [3.05, 3.63) is 52.8 Å². The Morgan fingerprint density at radius 1 is 1.22 bits per heavy atom. The molecule has 2 aliphatic heterocycles. The van der Waals surface area contributed by atoms with Gasteiger partial charge < -0.3 is 9.64 Å². The van der Waals surface area contributed by atoms with Crippen LogP contribution in [0.15, 0.2) is 30.3 Å². The van der Waals surface area contributed by atoms with Gasteiger partial charge in [-0.3, -0.25) is 9.48 Å². The van der Waals surface area contributed by atoms with E-state index in [1.807, 2.05) is 22.7 Å². The van der Waals surface area contributed by atoms with Gasteiger partial charge in [0.1, 0.15) is 0 Å². The molecule has 2 aromatic rings. The van der Waals surface area contributed by atoms with Crippen LogP contribution in [-0.2, 0) is 36.0 Å². The molecule has 27 heavy (non-hydrogen) atoms. The van der Waals surface area contributed by atoms with Crippen molar-refractivity contribution in [2.45, 2.75) is 51.0 Å². The van der Waals surface area contributed by atoms with Crippen LogP contribution in [-0.4, -0.2) is 40.3 Å². The fourth-order valence-electron chi connectivity index (χ4n) is 4.42. The van der Waals surface area contributed by atoms with E-state index in [1.165, 1.54) is 22.5 Å². The Morgan fingerprint density at radius 2 is 2.00 bits per heavy atom. The molecule has 0 aliphatic carbocycles. The number of nitrogens with zero attached hydrogens (tertiary/aromatic N) is 3. The highest BCUT2D eigenvalue weighted by Gasteiger charge is 2.29. The van der Waals surface area contributed by atoms with Gasteiger partial charge in [0.15, 0.2) is 0 Å². The zero-order valence-electron chi connectivity index (χ0n) is 16.2. The van der Waals surface area contributed by atoms with E-state index in [1.54, 1.807) is 0 Å². The number of benzene rings is 1. The van der Waals surface area contributed by atoms with Crippen LogP contribution in [0.25, 0.3) is 0 Å². The maximum absolute atomic E-state index is 12.6. The predicted molar refractivity (Wildman–Crippen MR) is 105 cm³/mol. The van der Waals surface area contributed by atoms with Crippen LogP contribution in [0, 0.1) is 0 Å². The Hall–Kier alpha value is -2.14. The second kappa shape index (κ2) is 8.26. The Balaban J connectivity index is 1.28. The van der Waals surface area contributed by atoms with Gasteiger partial charge in [0.25, 0.3) is 0 Å². The van der Waals surface area contributed by atoms with E-state index >= 15 is 0 Å². The molecule has 0 N–H and O–H groups in total. The molecule has 1 amide bonds. The van der Waals surface area contributed by atoms with E-state index in [0.717, 1.165) is 51.8 Å². The highest BCUT2D eigenvalue weighted by molar-refractivity contribution is 5.76. The minimum atomic E-state index is 0.302. The quantitative estimate of drug-likeness (QED) is 0.815. The summed E-state index contributed by atoms with van der Waals surface area (Å²) in [6.07, 6.45) is 5.52. The Bertz CT molecular complexity index is 776. The SMILES string of the molecule is Cn1nc(C2CCN(C(=O)CCCc3ccccc3)CC2)c2c1CCOC2. The highest BCUT2D eigenvalue weighted by Crippen LogP contribution is 2.33. The van der Waals surface area contributed by atoms with Crippen molar-refractivity contribution < 1.29 is 9.53 Å². The van der Waals surface area contributed by atoms with Crippen molar-refractivity contribution in [2.24, 2.45) is 7.05 Å². The summed E-state index contributed by atoms with van der Waals surface area (Å²) in [7, 11) is 2.04. The fraction of sp³-hybridized carbons (Fsp3) is 0.545. The van der Waals surface area contributed by atoms with Gasteiger partial charge in [0.05, 0.1) is 18.9 Å². The van der Waals surface area contributed by atoms with E-state index in [2.05, 4.69) is 24.3 Å². The maximum atomic E-state index is 12.6. The molecule has 2 aliphatic rings. The van der Waals surface area contributed by atoms with E-state index in [0.29, 0.717) is 24.9 Å². The lowest BCUT2D eigenvalue weighted by Crippen LogP contribution is -2.38. The van der Waals surface area contributed by atoms with E-state index in [4.69, 9.17) is 9.84 Å². The number of carbonyl (C=O) groups is 1. The monoisotopic (exact) mass is 367 g/mol. The highest BCUT2D eigenvalue weighted by atomic mass is 16.5. The van der Waals surface area contributed by atoms with E-state index < -0.39 is 0 Å². The molecule has 1 aromatic heterocycles. The lowest BCUT2D eigenvalue weighted by Gasteiger charge is -2.32. The van der Waals surface area contributed by atoms with Gasteiger partial charge in [-0.1, -0.05) is 30.3 Å². The van der Waals surface area contributed by atoms with Crippen LogP contribution in [0.1, 0.15) is 54.1 Å². The largest absolute Gasteiger partial charge is 0.376 e. The summed E-state index contributed by atoms with van der Waals surface area (Å²) in [6, 6.07) is 10.4. The van der Waals surface area contributed by atoms with Gasteiger partial charge in [-0.2, -0.15) is 5.10 Å². The third kappa shape index (κ3) is 4.08. The minimum absolute atomic E-state index is 0.302. The summed E-state index contributed by atoms with van der Waals surface area (Å²) >= 11 is 0. The molecular formula is C22H29N3O2. The topological polar surface area (TPSA) is 47.4 Å². The molecule has 5 nitrogen and oxygen atoms in total. The average molecular weight is 367 g/mol. The van der Waals surface area contributed by atoms with Crippen LogP contribution in [0.2, 0.25) is 0 Å². The lowest BCUT2D eigenvalue weighted by atomic mass is 9.90. The number of likely N-dealkylation sites (tertiary alicyclic amines) is 1. The molecule has 4 rings (SSSR count). The van der Waals surface area contributed by atoms with E-state index in [9.17, 15) is 4.79 Å². The molecule has 0 atom stereocenters. The van der Waals surface area contributed by atoms with Crippen LogP contribution in [0.3, 0.4) is 0 Å². The summed E-state index contributed by atoms with van der Waals surface area (Å²) < 4.78 is 7.70. The molecule has 0 radical (unpaired) electrons. The summed E-state index contributed by atoms with van der Waals surface area (Å²) in [5, 5.41) is 4.80. The van der Waals surface area contributed by atoms with Crippen molar-refractivity contribution in [1.82, 2.24) is 14.7 Å². The van der Waals surface area contributed by atoms with Gasteiger partial charge in [-0.15, -0.1) is 0 Å². The molecule has 0 bridgehead atoms. The lowest BCUT2D eigenvalue weighted by molar-refractivity contribution is -0.132. The van der Waals surface area contributed by atoms with Crippen LogP contribution >= 0.6 is 0 Å². The van der Waals surface area contributed by atoms with Crippen LogP contribution in [0.4, 0.5) is 0 Å². The molecule has 1 saturated heterocycles. The molecule has 144 valence electrons. The molecule has 5 heteroatoms. The van der Waals surface area contributed by atoms with Gasteiger partial charge in [0.2, 0.25) is 5.91 Å². The normalized spacial score (nSPS) is 17.7. The zero-order valence-corrected chi connectivity index (χ0v) is 16.2. The first-order valence-electron chi connectivity index (χ1n) is 10.2. The Morgan fingerprint density at radius 3 is 2.78 bits per heavy atom. The molecule has 0 spiro atoms. The van der Waals surface area contributed by atoms with Crippen LogP contribution in [0.5, 0.6) is 0 Å². The molecule has 1 fully saturated rings. The molecule has 1 aromatic carbocycles. The van der Waals surface area contributed by atoms with Gasteiger partial charge in [-0.05, 0) is 31.2 Å². The summed E-state index contributed by atoms with van der Waals surface area (Å²) in [5.74, 6) is 0.755. The maximum Gasteiger partial charge on any atom is 0.222 e. The summed E-state index contributed by atoms with van der Waals surface area (Å²) in [6.45, 7) is 3.18. The van der Waals surface area contributed by atoms with Crippen molar-refractivity contribution in [2.75, 3.05) is 19.7 Å². The molecule has 3 heterocycles. The number of hydrogen-bond donors (Lipinski definition) is 0. The number of fused-ring (bicyclic) bond motifs is 1. The van der Waals surface area contributed by atoms with Crippen molar-refractivity contribution in [3.63, 3.8) is 0 Å². The Labute approximate surface area is 161 Å². The van der Waals surface area contributed by atoms with Crippen LogP contribution < -0.4 is 0 Å². The molecule has 0 unspecified atom stereocenters. The predicted octanol–water partition coefficient (Wildman–Crippen LogP) is 3.22. The van der Waals surface area contributed by atoms with Crippen molar-refractivity contribution >= 4 is 5.91 Å². The number of piperidine rings is 1. The standard InChI is InChI=1S/C22H29N3O2/c1-24-20-12-15-27-16-19(20)22(23-24)18-10-13-25(14-11-18)21(26)9-5-8-17-6-3-2-4-7-17/h2-4,6-7,18H,5,8-16H2,1H3. The first-order chi connectivity index (χ1) is 13.2. The number of aromatic nitrogens is 2. The number of ether oxygens (including phenoxy) is 1. The third-order valence-corrected chi connectivity index (χ3v) is 5.97. The number of hydrogen-bond acceptors (Lipinski definition) is 3. The number of carbonyl (C=O) groups excluding carboxylic acids is 1. The fourth-order valence-corrected chi connectivity index (χ4v) is 4.42. The van der Waals surface area contributed by atoms with Crippen molar-refractivity contribution in [3.8, 4) is 0 Å². The summed E-state index contributed by atoms with van der Waals surface area (Å²) in [4.78, 5) is 14.6. The number of aryl methyl sites for hydroxylation is 2. The first-order valence-corrected chi connectivity index (χ1v) is 10.2. The smallest absolute Gasteiger partial charge is 0.222 e. The second-order valence-electron chi connectivity index (χ2n) is 7.73. The molecular weight excluding hydrogens is 338 g/mol. The number of rotatable bonds is 5. The van der Waals surface area contributed by atoms with Gasteiger partial charge >= 0.3 is 0 Å².